The molecule has 1 aliphatic heterocycles. The van der Waals surface area contributed by atoms with Crippen LogP contribution in [-0.2, 0) is 9.53 Å². The molecular weight excluding hydrogens is 414 g/mol. The molecule has 2 aromatic rings. The molecule has 0 fully saturated rings. The number of hydrogen-bond acceptors (Lipinski definition) is 7. The molecule has 3 rings (SSSR count). The molecular formula is C18H22BrN5O3. The molecule has 0 saturated heterocycles. The number of ether oxygens (including phenoxy) is 2. The van der Waals surface area contributed by atoms with Crippen molar-refractivity contribution in [1.29, 1.82) is 0 Å². The van der Waals surface area contributed by atoms with E-state index in [4.69, 9.17) is 9.47 Å². The van der Waals surface area contributed by atoms with Crippen molar-refractivity contribution in [1.82, 2.24) is 20.2 Å². The first-order valence-electron chi connectivity index (χ1n) is 8.83. The molecule has 0 radical (unpaired) electrons. The molecule has 1 atom stereocenters. The number of rotatable bonds is 7. The third kappa shape index (κ3) is 3.97. The van der Waals surface area contributed by atoms with Crippen molar-refractivity contribution in [3.05, 3.63) is 39.5 Å². The normalized spacial score (nSPS) is 15.9. The molecule has 1 aromatic carbocycles. The molecule has 0 unspecified atom stereocenters. The summed E-state index contributed by atoms with van der Waals surface area (Å²) in [5, 5.41) is 14.9. The largest absolute Gasteiger partial charge is 0.496 e. The second-order valence-corrected chi connectivity index (χ2v) is 7.16. The van der Waals surface area contributed by atoms with Crippen molar-refractivity contribution in [2.75, 3.05) is 19.0 Å². The van der Waals surface area contributed by atoms with Gasteiger partial charge in [-0.1, -0.05) is 40.8 Å². The molecule has 1 aromatic heterocycles. The van der Waals surface area contributed by atoms with E-state index in [0.29, 0.717) is 29.6 Å². The van der Waals surface area contributed by atoms with Gasteiger partial charge in [-0.2, -0.15) is 4.68 Å². The first-order valence-corrected chi connectivity index (χ1v) is 9.62. The Kier molecular flexibility index (Phi) is 6.10. The summed E-state index contributed by atoms with van der Waals surface area (Å²) in [4.78, 5) is 12.9. The molecule has 1 aliphatic rings. The second-order valence-electron chi connectivity index (χ2n) is 6.24. The summed E-state index contributed by atoms with van der Waals surface area (Å²) in [6.45, 7) is 4.31. The molecule has 0 saturated carbocycles. The van der Waals surface area contributed by atoms with Gasteiger partial charge in [0.2, 0.25) is 5.95 Å². The average molecular weight is 436 g/mol. The van der Waals surface area contributed by atoms with Crippen LogP contribution in [0.15, 0.2) is 33.9 Å². The monoisotopic (exact) mass is 435 g/mol. The van der Waals surface area contributed by atoms with Crippen LogP contribution in [0.25, 0.3) is 0 Å². The lowest BCUT2D eigenvalue weighted by molar-refractivity contribution is -0.139. The highest BCUT2D eigenvalue weighted by atomic mass is 79.9. The standard InChI is InChI=1S/C18H22BrN5O3/c1-4-5-6-9-27-17(25)15-11(2)20-18-21-22-23-24(18)16(15)13-10-12(19)7-8-14(13)26-3/h7-8,10,16H,4-6,9H2,1-3H3,(H,20,21,23)/t16-/m1/s1. The fourth-order valence-electron chi connectivity index (χ4n) is 3.08. The number of carbonyl (C=O) groups is 1. The lowest BCUT2D eigenvalue weighted by atomic mass is 9.95. The fourth-order valence-corrected chi connectivity index (χ4v) is 3.46. The first kappa shape index (κ1) is 19.3. The minimum absolute atomic E-state index is 0.383. The Morgan fingerprint density at radius 1 is 1.37 bits per heavy atom. The van der Waals surface area contributed by atoms with Crippen LogP contribution in [0.1, 0.15) is 44.7 Å². The van der Waals surface area contributed by atoms with Gasteiger partial charge in [0.15, 0.2) is 0 Å². The number of anilines is 1. The Bertz CT molecular complexity index is 864. The van der Waals surface area contributed by atoms with Gasteiger partial charge in [0.05, 0.1) is 19.3 Å². The molecule has 0 bridgehead atoms. The Balaban J connectivity index is 2.02. The van der Waals surface area contributed by atoms with Crippen LogP contribution < -0.4 is 10.1 Å². The Hall–Kier alpha value is -2.42. The highest BCUT2D eigenvalue weighted by Crippen LogP contribution is 2.40. The van der Waals surface area contributed by atoms with Crippen molar-refractivity contribution in [2.24, 2.45) is 0 Å². The molecule has 0 aliphatic carbocycles. The van der Waals surface area contributed by atoms with E-state index in [-0.39, 0.29) is 5.97 Å². The topological polar surface area (TPSA) is 91.2 Å². The summed E-state index contributed by atoms with van der Waals surface area (Å²) in [7, 11) is 1.59. The number of hydrogen-bond donors (Lipinski definition) is 1. The van der Waals surface area contributed by atoms with Crippen LogP contribution in [0.4, 0.5) is 5.95 Å². The number of benzene rings is 1. The molecule has 0 spiro atoms. The van der Waals surface area contributed by atoms with Gasteiger partial charge in [0, 0.05) is 15.7 Å². The van der Waals surface area contributed by atoms with Gasteiger partial charge in [-0.05, 0) is 42.0 Å². The molecule has 27 heavy (non-hydrogen) atoms. The van der Waals surface area contributed by atoms with Crippen LogP contribution in [0.3, 0.4) is 0 Å². The Morgan fingerprint density at radius 2 is 2.19 bits per heavy atom. The lowest BCUT2D eigenvalue weighted by Crippen LogP contribution is -2.30. The zero-order valence-corrected chi connectivity index (χ0v) is 17.1. The number of unbranched alkanes of at least 4 members (excludes halogenated alkanes) is 2. The van der Waals surface area contributed by atoms with Gasteiger partial charge in [0.1, 0.15) is 11.8 Å². The number of nitrogens with zero attached hydrogens (tertiary/aromatic N) is 4. The lowest BCUT2D eigenvalue weighted by Gasteiger charge is -2.28. The number of fused-ring (bicyclic) bond motifs is 1. The predicted molar refractivity (Wildman–Crippen MR) is 103 cm³/mol. The summed E-state index contributed by atoms with van der Waals surface area (Å²) >= 11 is 3.49. The van der Waals surface area contributed by atoms with E-state index < -0.39 is 6.04 Å². The van der Waals surface area contributed by atoms with Crippen molar-refractivity contribution < 1.29 is 14.3 Å². The predicted octanol–water partition coefficient (Wildman–Crippen LogP) is 3.47. The van der Waals surface area contributed by atoms with Gasteiger partial charge in [0.25, 0.3) is 0 Å². The number of allylic oxidation sites excluding steroid dienone is 1. The SMILES string of the molecule is CCCCCOC(=O)C1=C(C)Nc2nnnn2[C@@H]1c1cc(Br)ccc1OC. The minimum Gasteiger partial charge on any atom is -0.496 e. The maximum absolute atomic E-state index is 12.9. The summed E-state index contributed by atoms with van der Waals surface area (Å²) in [6.07, 6.45) is 2.92. The van der Waals surface area contributed by atoms with E-state index in [1.54, 1.807) is 11.8 Å². The van der Waals surface area contributed by atoms with Gasteiger partial charge in [-0.3, -0.25) is 0 Å². The van der Waals surface area contributed by atoms with Gasteiger partial charge in [-0.25, -0.2) is 4.79 Å². The molecule has 9 heteroatoms. The number of methoxy groups -OCH3 is 1. The van der Waals surface area contributed by atoms with Crippen molar-refractivity contribution in [3.8, 4) is 5.75 Å². The number of tetrazole rings is 1. The van der Waals surface area contributed by atoms with Gasteiger partial charge < -0.3 is 14.8 Å². The van der Waals surface area contributed by atoms with Crippen LogP contribution in [0.5, 0.6) is 5.75 Å². The van der Waals surface area contributed by atoms with Crippen LogP contribution in [0.2, 0.25) is 0 Å². The minimum atomic E-state index is -0.553. The smallest absolute Gasteiger partial charge is 0.338 e. The number of halogens is 1. The zero-order valence-electron chi connectivity index (χ0n) is 15.5. The number of esters is 1. The van der Waals surface area contributed by atoms with Crippen LogP contribution in [-0.4, -0.2) is 39.9 Å². The quantitative estimate of drug-likeness (QED) is 0.525. The van der Waals surface area contributed by atoms with E-state index in [1.807, 2.05) is 25.1 Å². The fraction of sp³-hybridized carbons (Fsp3) is 0.444. The zero-order chi connectivity index (χ0) is 19.4. The summed E-state index contributed by atoms with van der Waals surface area (Å²) in [6, 6.07) is 5.06. The van der Waals surface area contributed by atoms with Crippen molar-refractivity contribution in [3.63, 3.8) is 0 Å². The number of nitrogens with one attached hydrogen (secondary N) is 1. The highest BCUT2D eigenvalue weighted by Gasteiger charge is 2.36. The van der Waals surface area contributed by atoms with Crippen molar-refractivity contribution in [2.45, 2.75) is 39.2 Å². The van der Waals surface area contributed by atoms with Gasteiger partial charge in [-0.15, -0.1) is 0 Å². The van der Waals surface area contributed by atoms with Gasteiger partial charge >= 0.3 is 5.97 Å². The molecule has 1 N–H and O–H groups in total. The highest BCUT2D eigenvalue weighted by molar-refractivity contribution is 9.10. The van der Waals surface area contributed by atoms with Crippen molar-refractivity contribution >= 4 is 27.8 Å². The summed E-state index contributed by atoms with van der Waals surface area (Å²) in [5.41, 5.74) is 1.88. The maximum Gasteiger partial charge on any atom is 0.338 e. The molecule has 8 nitrogen and oxygen atoms in total. The van der Waals surface area contributed by atoms with Crippen LogP contribution in [0, 0.1) is 0 Å². The summed E-state index contributed by atoms with van der Waals surface area (Å²) in [5.74, 6) is 0.710. The van der Waals surface area contributed by atoms with Crippen LogP contribution >= 0.6 is 15.9 Å². The van der Waals surface area contributed by atoms with E-state index >= 15 is 0 Å². The maximum atomic E-state index is 12.9. The Labute approximate surface area is 166 Å². The molecule has 144 valence electrons. The van der Waals surface area contributed by atoms with E-state index in [0.717, 1.165) is 29.3 Å². The Morgan fingerprint density at radius 3 is 2.93 bits per heavy atom. The molecule has 0 amide bonds. The first-order chi connectivity index (χ1) is 13.1. The van der Waals surface area contributed by atoms with E-state index in [1.165, 1.54) is 0 Å². The summed E-state index contributed by atoms with van der Waals surface area (Å²) < 4.78 is 13.5. The molecule has 2 heterocycles. The van der Waals surface area contributed by atoms with E-state index in [9.17, 15) is 4.79 Å². The average Bonchev–Trinajstić information content (AvgIpc) is 3.11. The third-order valence-electron chi connectivity index (χ3n) is 4.40. The van der Waals surface area contributed by atoms with E-state index in [2.05, 4.69) is 43.7 Å². The number of aromatic nitrogens is 4. The number of carbonyl (C=O) groups excluding carboxylic acids is 1. The third-order valence-corrected chi connectivity index (χ3v) is 4.89. The second kappa shape index (κ2) is 8.51.